The summed E-state index contributed by atoms with van der Waals surface area (Å²) in [5.74, 6) is 1.61. The van der Waals surface area contributed by atoms with E-state index in [2.05, 4.69) is 44.0 Å². The van der Waals surface area contributed by atoms with E-state index in [0.717, 1.165) is 22.5 Å². The summed E-state index contributed by atoms with van der Waals surface area (Å²) in [5, 5.41) is 2.03. The Kier molecular flexibility index (Phi) is 6.44. The van der Waals surface area contributed by atoms with Crippen LogP contribution in [-0.2, 0) is 10.7 Å². The molecule has 3 rings (SSSR count). The molecule has 0 atom stereocenters. The van der Waals surface area contributed by atoms with Gasteiger partial charge in [-0.3, -0.25) is 0 Å². The summed E-state index contributed by atoms with van der Waals surface area (Å²) < 4.78 is 0. The predicted octanol–water partition coefficient (Wildman–Crippen LogP) is 7.57. The van der Waals surface area contributed by atoms with Gasteiger partial charge < -0.3 is 0 Å². The average molecular weight is 428 g/mol. The van der Waals surface area contributed by atoms with Crippen molar-refractivity contribution in [2.75, 3.05) is 0 Å². The Balaban J connectivity index is 1.94. The zero-order valence-electron chi connectivity index (χ0n) is 13.6. The van der Waals surface area contributed by atoms with Gasteiger partial charge in [-0.2, -0.15) is 0 Å². The fourth-order valence-electron chi connectivity index (χ4n) is 4.55. The molecule has 0 nitrogen and oxygen atoms in total. The molecule has 0 aliphatic heterocycles. The number of halogens is 2. The van der Waals surface area contributed by atoms with E-state index >= 15 is 0 Å². The molecule has 2 saturated carbocycles. The third-order valence-electron chi connectivity index (χ3n) is 5.78. The van der Waals surface area contributed by atoms with Crippen molar-refractivity contribution in [1.29, 1.82) is 0 Å². The number of hydrogen-bond acceptors (Lipinski definition) is 0. The van der Waals surface area contributed by atoms with Gasteiger partial charge in [0.1, 0.15) is 0 Å². The Labute approximate surface area is 152 Å². The summed E-state index contributed by atoms with van der Waals surface area (Å²) in [4.78, 5) is 0. The summed E-state index contributed by atoms with van der Waals surface area (Å²) in [6.45, 7) is 0. The van der Waals surface area contributed by atoms with E-state index in [1.807, 2.05) is 0 Å². The highest BCUT2D eigenvalue weighted by molar-refractivity contribution is 9.08. The lowest BCUT2D eigenvalue weighted by molar-refractivity contribution is 0.436. The molecule has 0 aromatic heterocycles. The Morgan fingerprint density at radius 2 is 1.00 bits per heavy atom. The van der Waals surface area contributed by atoms with Gasteiger partial charge in [0.25, 0.3) is 0 Å². The van der Waals surface area contributed by atoms with Crippen LogP contribution in [-0.4, -0.2) is 0 Å². The van der Waals surface area contributed by atoms with Crippen LogP contribution >= 0.6 is 31.9 Å². The minimum absolute atomic E-state index is 0.805. The summed E-state index contributed by atoms with van der Waals surface area (Å²) in [6.07, 6.45) is 14.1. The maximum absolute atomic E-state index is 3.77. The van der Waals surface area contributed by atoms with Gasteiger partial charge >= 0.3 is 0 Å². The average Bonchev–Trinajstić information content (AvgIpc) is 2.62. The third-order valence-corrected chi connectivity index (χ3v) is 6.99. The number of benzene rings is 1. The molecule has 0 radical (unpaired) electrons. The lowest BCUT2D eigenvalue weighted by Crippen LogP contribution is -2.12. The summed E-state index contributed by atoms with van der Waals surface area (Å²) in [6, 6.07) is 5.12. The molecule has 0 amide bonds. The van der Waals surface area contributed by atoms with Crippen LogP contribution in [0.4, 0.5) is 0 Å². The van der Waals surface area contributed by atoms with E-state index in [4.69, 9.17) is 0 Å². The number of rotatable bonds is 4. The summed E-state index contributed by atoms with van der Waals surface area (Å²) in [5.41, 5.74) is 6.42. The molecule has 0 bridgehead atoms. The standard InChI is InChI=1S/C20H28Br2/c21-13-17-12-20(16-9-5-2-6-10-16)18(14-22)11-19(17)15-7-3-1-4-8-15/h11-12,15-16H,1-10,13-14H2. The predicted molar refractivity (Wildman–Crippen MR) is 103 cm³/mol. The topological polar surface area (TPSA) is 0 Å². The second kappa shape index (κ2) is 8.33. The monoisotopic (exact) mass is 426 g/mol. The van der Waals surface area contributed by atoms with Gasteiger partial charge in [0.2, 0.25) is 0 Å². The minimum Gasteiger partial charge on any atom is -0.0876 e. The quantitative estimate of drug-likeness (QED) is 0.434. The third kappa shape index (κ3) is 3.80. The molecule has 0 spiro atoms. The van der Waals surface area contributed by atoms with Crippen LogP contribution in [0.1, 0.15) is 98.3 Å². The van der Waals surface area contributed by atoms with Gasteiger partial charge in [0.05, 0.1) is 0 Å². The second-order valence-electron chi connectivity index (χ2n) is 7.19. The van der Waals surface area contributed by atoms with Crippen LogP contribution in [0.15, 0.2) is 12.1 Å². The van der Waals surface area contributed by atoms with Crippen LogP contribution in [0, 0.1) is 0 Å². The van der Waals surface area contributed by atoms with Crippen LogP contribution in [0.5, 0.6) is 0 Å². The summed E-state index contributed by atoms with van der Waals surface area (Å²) in [7, 11) is 0. The maximum atomic E-state index is 3.77. The van der Waals surface area contributed by atoms with E-state index in [1.165, 1.54) is 64.2 Å². The van der Waals surface area contributed by atoms with Gasteiger partial charge in [0, 0.05) is 10.7 Å². The Bertz CT molecular complexity index is 437. The largest absolute Gasteiger partial charge is 0.0876 e. The van der Waals surface area contributed by atoms with Gasteiger partial charge in [-0.05, 0) is 59.8 Å². The Hall–Kier alpha value is 0.180. The van der Waals surface area contributed by atoms with Crippen LogP contribution < -0.4 is 0 Å². The highest BCUT2D eigenvalue weighted by Crippen LogP contribution is 2.40. The van der Waals surface area contributed by atoms with Crippen LogP contribution in [0.2, 0.25) is 0 Å². The van der Waals surface area contributed by atoms with Crippen molar-refractivity contribution in [3.63, 3.8) is 0 Å². The van der Waals surface area contributed by atoms with Crippen molar-refractivity contribution >= 4 is 31.9 Å². The van der Waals surface area contributed by atoms with Crippen molar-refractivity contribution in [3.8, 4) is 0 Å². The molecular formula is C20H28Br2. The van der Waals surface area contributed by atoms with E-state index in [-0.39, 0.29) is 0 Å². The van der Waals surface area contributed by atoms with Gasteiger partial charge in [-0.25, -0.2) is 0 Å². The first kappa shape index (κ1) is 17.0. The zero-order valence-corrected chi connectivity index (χ0v) is 16.7. The van der Waals surface area contributed by atoms with Crippen molar-refractivity contribution in [1.82, 2.24) is 0 Å². The molecule has 0 N–H and O–H groups in total. The van der Waals surface area contributed by atoms with E-state index in [0.29, 0.717) is 0 Å². The molecule has 22 heavy (non-hydrogen) atoms. The molecule has 2 heteroatoms. The van der Waals surface area contributed by atoms with E-state index < -0.39 is 0 Å². The van der Waals surface area contributed by atoms with Crippen LogP contribution in [0.3, 0.4) is 0 Å². The van der Waals surface area contributed by atoms with Gasteiger partial charge in [-0.15, -0.1) is 0 Å². The van der Waals surface area contributed by atoms with Gasteiger partial charge in [0.15, 0.2) is 0 Å². The van der Waals surface area contributed by atoms with E-state index in [9.17, 15) is 0 Å². The molecule has 1 aromatic rings. The second-order valence-corrected chi connectivity index (χ2v) is 8.31. The normalized spacial score (nSPS) is 21.2. The van der Waals surface area contributed by atoms with Crippen molar-refractivity contribution in [2.24, 2.45) is 0 Å². The lowest BCUT2D eigenvalue weighted by atomic mass is 9.77. The minimum atomic E-state index is 0.805. The summed E-state index contributed by atoms with van der Waals surface area (Å²) >= 11 is 7.54. The lowest BCUT2D eigenvalue weighted by Gasteiger charge is -2.29. The first-order chi connectivity index (χ1) is 10.8. The molecule has 1 aromatic carbocycles. The number of alkyl halides is 2. The van der Waals surface area contributed by atoms with Crippen molar-refractivity contribution in [2.45, 2.75) is 86.7 Å². The first-order valence-corrected chi connectivity index (χ1v) is 11.3. The molecule has 2 aliphatic carbocycles. The van der Waals surface area contributed by atoms with E-state index in [1.54, 1.807) is 22.3 Å². The van der Waals surface area contributed by atoms with Crippen molar-refractivity contribution in [3.05, 3.63) is 34.4 Å². The first-order valence-electron chi connectivity index (χ1n) is 9.11. The fourth-order valence-corrected chi connectivity index (χ4v) is 5.52. The van der Waals surface area contributed by atoms with Crippen molar-refractivity contribution < 1.29 is 0 Å². The Morgan fingerprint density at radius 3 is 1.32 bits per heavy atom. The van der Waals surface area contributed by atoms with Gasteiger partial charge in [-0.1, -0.05) is 82.5 Å². The van der Waals surface area contributed by atoms with Crippen LogP contribution in [0.25, 0.3) is 0 Å². The molecule has 2 fully saturated rings. The zero-order chi connectivity index (χ0) is 15.4. The smallest absolute Gasteiger partial charge is 0.0285 e. The molecule has 0 saturated heterocycles. The molecular weight excluding hydrogens is 400 g/mol. The molecule has 0 unspecified atom stereocenters. The molecule has 0 heterocycles. The SMILES string of the molecule is BrCc1cc(C2CCCCC2)c(CBr)cc1C1CCCCC1. The highest BCUT2D eigenvalue weighted by Gasteiger charge is 2.23. The molecule has 122 valence electrons. The maximum Gasteiger partial charge on any atom is 0.0285 e. The highest BCUT2D eigenvalue weighted by atomic mass is 79.9. The Morgan fingerprint density at radius 1 is 0.636 bits per heavy atom. The fraction of sp³-hybridized carbons (Fsp3) is 0.700. The number of hydrogen-bond donors (Lipinski definition) is 0. The molecule has 2 aliphatic rings.